The van der Waals surface area contributed by atoms with E-state index in [9.17, 15) is 4.79 Å². The molecule has 1 aliphatic heterocycles. The SMILES string of the molecule is O=C(O)c1cc(-c2ccc3c(c2Cl)OCO3)on1. The average Bonchev–Trinajstić information content (AvgIpc) is 2.97. The first-order valence-electron chi connectivity index (χ1n) is 4.95. The van der Waals surface area contributed by atoms with E-state index < -0.39 is 5.97 Å². The number of carbonyl (C=O) groups is 1. The number of ether oxygens (including phenoxy) is 2. The van der Waals surface area contributed by atoms with Crippen LogP contribution in [-0.4, -0.2) is 23.0 Å². The first kappa shape index (κ1) is 10.9. The molecule has 1 aliphatic rings. The molecule has 0 bridgehead atoms. The van der Waals surface area contributed by atoms with E-state index in [1.807, 2.05) is 0 Å². The Morgan fingerprint density at radius 1 is 1.39 bits per heavy atom. The van der Waals surface area contributed by atoms with Crippen molar-refractivity contribution in [1.29, 1.82) is 0 Å². The number of rotatable bonds is 2. The van der Waals surface area contributed by atoms with E-state index in [2.05, 4.69) is 5.16 Å². The second-order valence-corrected chi connectivity index (χ2v) is 3.92. The molecule has 0 saturated carbocycles. The van der Waals surface area contributed by atoms with Crippen molar-refractivity contribution in [1.82, 2.24) is 5.16 Å². The van der Waals surface area contributed by atoms with Gasteiger partial charge >= 0.3 is 5.97 Å². The molecule has 0 atom stereocenters. The van der Waals surface area contributed by atoms with Crippen LogP contribution < -0.4 is 9.47 Å². The monoisotopic (exact) mass is 267 g/mol. The molecular formula is C11H6ClNO5. The molecule has 0 amide bonds. The summed E-state index contributed by atoms with van der Waals surface area (Å²) in [6.07, 6.45) is 0. The van der Waals surface area contributed by atoms with Crippen LogP contribution in [0.25, 0.3) is 11.3 Å². The van der Waals surface area contributed by atoms with Gasteiger partial charge in [0.05, 0.1) is 5.02 Å². The third-order valence-electron chi connectivity index (χ3n) is 2.47. The van der Waals surface area contributed by atoms with Crippen LogP contribution in [0.2, 0.25) is 5.02 Å². The fourth-order valence-corrected chi connectivity index (χ4v) is 1.94. The Bertz CT molecular complexity index is 636. The zero-order valence-corrected chi connectivity index (χ0v) is 9.60. The fourth-order valence-electron chi connectivity index (χ4n) is 1.63. The number of nitrogens with zero attached hydrogens (tertiary/aromatic N) is 1. The lowest BCUT2D eigenvalue weighted by molar-refractivity contribution is 0.0686. The highest BCUT2D eigenvalue weighted by Gasteiger charge is 2.22. The molecule has 1 N–H and O–H groups in total. The second-order valence-electron chi connectivity index (χ2n) is 3.54. The van der Waals surface area contributed by atoms with Gasteiger partial charge in [-0.3, -0.25) is 0 Å². The zero-order chi connectivity index (χ0) is 12.7. The summed E-state index contributed by atoms with van der Waals surface area (Å²) in [7, 11) is 0. The maximum Gasteiger partial charge on any atom is 0.358 e. The highest BCUT2D eigenvalue weighted by molar-refractivity contribution is 6.35. The van der Waals surface area contributed by atoms with Gasteiger partial charge < -0.3 is 19.1 Å². The molecule has 18 heavy (non-hydrogen) atoms. The fraction of sp³-hybridized carbons (Fsp3) is 0.0909. The van der Waals surface area contributed by atoms with Gasteiger partial charge in [0.15, 0.2) is 23.0 Å². The smallest absolute Gasteiger partial charge is 0.358 e. The molecule has 7 heteroatoms. The average molecular weight is 268 g/mol. The maximum atomic E-state index is 10.7. The summed E-state index contributed by atoms with van der Waals surface area (Å²) in [5.74, 6) is 0.0572. The first-order valence-corrected chi connectivity index (χ1v) is 5.33. The number of fused-ring (bicyclic) bond motifs is 1. The summed E-state index contributed by atoms with van der Waals surface area (Å²) in [5, 5.41) is 12.5. The predicted octanol–water partition coefficient (Wildman–Crippen LogP) is 2.42. The van der Waals surface area contributed by atoms with Gasteiger partial charge in [-0.25, -0.2) is 4.79 Å². The Morgan fingerprint density at radius 2 is 2.22 bits per heavy atom. The van der Waals surface area contributed by atoms with Crippen LogP contribution in [0.1, 0.15) is 10.5 Å². The molecule has 1 aromatic heterocycles. The number of benzene rings is 1. The molecule has 1 aromatic carbocycles. The van der Waals surface area contributed by atoms with Crippen LogP contribution in [0.5, 0.6) is 11.5 Å². The Morgan fingerprint density at radius 3 is 2.94 bits per heavy atom. The van der Waals surface area contributed by atoms with Gasteiger partial charge in [-0.15, -0.1) is 0 Å². The van der Waals surface area contributed by atoms with E-state index in [1.165, 1.54) is 6.07 Å². The minimum absolute atomic E-state index is 0.106. The molecule has 2 heterocycles. The minimum atomic E-state index is -1.16. The summed E-state index contributed by atoms with van der Waals surface area (Å²) < 4.78 is 15.3. The van der Waals surface area contributed by atoms with Crippen LogP contribution in [0.3, 0.4) is 0 Å². The largest absolute Gasteiger partial charge is 0.476 e. The number of carboxylic acid groups (broad SMARTS) is 1. The van der Waals surface area contributed by atoms with Crippen LogP contribution in [0, 0.1) is 0 Å². The Kier molecular flexibility index (Phi) is 2.38. The lowest BCUT2D eigenvalue weighted by Crippen LogP contribution is -1.94. The van der Waals surface area contributed by atoms with Crippen LogP contribution in [-0.2, 0) is 0 Å². The molecule has 6 nitrogen and oxygen atoms in total. The van der Waals surface area contributed by atoms with E-state index in [-0.39, 0.29) is 18.2 Å². The molecule has 2 aromatic rings. The lowest BCUT2D eigenvalue weighted by atomic mass is 10.1. The Hall–Kier alpha value is -2.21. The van der Waals surface area contributed by atoms with Crippen molar-refractivity contribution in [3.8, 4) is 22.8 Å². The van der Waals surface area contributed by atoms with Crippen molar-refractivity contribution in [3.05, 3.63) is 28.9 Å². The van der Waals surface area contributed by atoms with E-state index in [1.54, 1.807) is 12.1 Å². The maximum absolute atomic E-state index is 10.7. The van der Waals surface area contributed by atoms with E-state index in [0.717, 1.165) is 0 Å². The van der Waals surface area contributed by atoms with Gasteiger partial charge in [0, 0.05) is 11.6 Å². The first-order chi connectivity index (χ1) is 8.66. The molecule has 0 saturated heterocycles. The van der Waals surface area contributed by atoms with Crippen molar-refractivity contribution in [2.45, 2.75) is 0 Å². The number of aromatic nitrogens is 1. The van der Waals surface area contributed by atoms with Crippen LogP contribution in [0.4, 0.5) is 0 Å². The zero-order valence-electron chi connectivity index (χ0n) is 8.84. The molecule has 92 valence electrons. The number of halogens is 1. The van der Waals surface area contributed by atoms with Gasteiger partial charge in [0.1, 0.15) is 0 Å². The van der Waals surface area contributed by atoms with Crippen molar-refractivity contribution in [2.24, 2.45) is 0 Å². The van der Waals surface area contributed by atoms with Gasteiger partial charge in [-0.1, -0.05) is 16.8 Å². The normalized spacial score (nSPS) is 12.7. The van der Waals surface area contributed by atoms with Gasteiger partial charge in [0.2, 0.25) is 6.79 Å². The van der Waals surface area contributed by atoms with E-state index in [4.69, 9.17) is 30.7 Å². The van der Waals surface area contributed by atoms with Crippen molar-refractivity contribution >= 4 is 17.6 Å². The quantitative estimate of drug-likeness (QED) is 0.900. The molecule has 0 radical (unpaired) electrons. The predicted molar refractivity (Wildman–Crippen MR) is 60.0 cm³/mol. The standard InChI is InChI=1S/C11H6ClNO5/c12-9-5(1-2-7-10(9)17-4-16-7)8-3-6(11(14)15)13-18-8/h1-3H,4H2,(H,14,15). The Labute approximate surface area is 106 Å². The van der Waals surface area contributed by atoms with Gasteiger partial charge in [0.25, 0.3) is 0 Å². The van der Waals surface area contributed by atoms with Crippen LogP contribution >= 0.6 is 11.6 Å². The highest BCUT2D eigenvalue weighted by Crippen LogP contribution is 2.44. The summed E-state index contributed by atoms with van der Waals surface area (Å²) >= 11 is 6.14. The molecule has 0 unspecified atom stereocenters. The topological polar surface area (TPSA) is 81.8 Å². The molecular weight excluding hydrogens is 262 g/mol. The number of aromatic carboxylic acids is 1. The van der Waals surface area contributed by atoms with Crippen LogP contribution in [0.15, 0.2) is 22.7 Å². The summed E-state index contributed by atoms with van der Waals surface area (Å²) in [6.45, 7) is 0.106. The van der Waals surface area contributed by atoms with E-state index >= 15 is 0 Å². The molecule has 0 aliphatic carbocycles. The molecule has 3 rings (SSSR count). The summed E-state index contributed by atoms with van der Waals surface area (Å²) in [6, 6.07) is 4.63. The number of hydrogen-bond acceptors (Lipinski definition) is 5. The van der Waals surface area contributed by atoms with Crippen molar-refractivity contribution in [3.63, 3.8) is 0 Å². The summed E-state index contributed by atoms with van der Waals surface area (Å²) in [5.41, 5.74) is 0.319. The second kappa shape index (κ2) is 3.92. The van der Waals surface area contributed by atoms with Gasteiger partial charge in [-0.05, 0) is 12.1 Å². The Balaban J connectivity index is 2.09. The minimum Gasteiger partial charge on any atom is -0.476 e. The summed E-state index contributed by atoms with van der Waals surface area (Å²) in [4.78, 5) is 10.7. The third-order valence-corrected chi connectivity index (χ3v) is 2.85. The third kappa shape index (κ3) is 1.58. The van der Waals surface area contributed by atoms with E-state index in [0.29, 0.717) is 22.1 Å². The lowest BCUT2D eigenvalue weighted by Gasteiger charge is -2.03. The number of carboxylic acids is 1. The highest BCUT2D eigenvalue weighted by atomic mass is 35.5. The van der Waals surface area contributed by atoms with Crippen molar-refractivity contribution in [2.75, 3.05) is 6.79 Å². The van der Waals surface area contributed by atoms with Gasteiger partial charge in [-0.2, -0.15) is 0 Å². The van der Waals surface area contributed by atoms with Crippen molar-refractivity contribution < 1.29 is 23.9 Å². The number of hydrogen-bond donors (Lipinski definition) is 1. The molecule has 0 spiro atoms. The molecule has 0 fully saturated rings.